The van der Waals surface area contributed by atoms with E-state index in [9.17, 15) is 0 Å². The molecule has 5 N–H and O–H groups in total. The smallest absolute Gasteiger partial charge is 0.108 e. The molecular weight excluding hydrogens is 274 g/mol. The molecule has 5 heteroatoms. The third-order valence-electron chi connectivity index (χ3n) is 3.13. The van der Waals surface area contributed by atoms with Crippen molar-refractivity contribution in [1.29, 1.82) is 5.41 Å². The summed E-state index contributed by atoms with van der Waals surface area (Å²) in [7, 11) is 0. The molecule has 0 spiro atoms. The number of nitrogens with one attached hydrogen (secondary N) is 1. The predicted octanol–water partition coefficient (Wildman–Crippen LogP) is 3.09. The molecule has 4 nitrogen and oxygen atoms in total. The van der Waals surface area contributed by atoms with E-state index in [1.807, 2.05) is 30.3 Å². The van der Waals surface area contributed by atoms with Crippen molar-refractivity contribution in [2.24, 2.45) is 5.90 Å². The van der Waals surface area contributed by atoms with E-state index in [1.54, 1.807) is 12.1 Å². The number of hydrogen-bond acceptors (Lipinski definition) is 4. The van der Waals surface area contributed by atoms with Gasteiger partial charge in [0.25, 0.3) is 0 Å². The normalized spacial score (nSPS) is 12.1. The predicted molar refractivity (Wildman–Crippen MR) is 81.9 cm³/mol. The Hall–Kier alpha value is -1.88. The molecular formula is C15H16ClN3O. The van der Waals surface area contributed by atoms with Gasteiger partial charge in [0, 0.05) is 28.9 Å². The fourth-order valence-corrected chi connectivity index (χ4v) is 2.39. The Morgan fingerprint density at radius 3 is 2.55 bits per heavy atom. The Morgan fingerprint density at radius 1 is 1.25 bits per heavy atom. The summed E-state index contributed by atoms with van der Waals surface area (Å²) in [5.74, 6) is 5.42. The number of nitrogens with two attached hydrogens (primary N) is 2. The molecule has 0 amide bonds. The highest BCUT2D eigenvalue weighted by molar-refractivity contribution is 6.31. The van der Waals surface area contributed by atoms with Crippen molar-refractivity contribution in [3.05, 3.63) is 64.2 Å². The van der Waals surface area contributed by atoms with Crippen LogP contribution in [0.15, 0.2) is 42.5 Å². The van der Waals surface area contributed by atoms with Gasteiger partial charge in [-0.1, -0.05) is 41.9 Å². The summed E-state index contributed by atoms with van der Waals surface area (Å²) >= 11 is 6.03. The average molecular weight is 290 g/mol. The summed E-state index contributed by atoms with van der Waals surface area (Å²) in [6, 6.07) is 13.2. The topological polar surface area (TPSA) is 85.1 Å². The van der Waals surface area contributed by atoms with E-state index < -0.39 is 6.10 Å². The molecule has 2 aromatic rings. The number of nitrogen functional groups attached to an aromatic ring is 1. The third kappa shape index (κ3) is 3.17. The van der Waals surface area contributed by atoms with E-state index >= 15 is 0 Å². The second-order valence-corrected chi connectivity index (χ2v) is 4.89. The van der Waals surface area contributed by atoms with Gasteiger partial charge in [0.15, 0.2) is 0 Å². The van der Waals surface area contributed by atoms with E-state index in [-0.39, 0.29) is 0 Å². The fourth-order valence-electron chi connectivity index (χ4n) is 2.15. The van der Waals surface area contributed by atoms with Gasteiger partial charge in [-0.3, -0.25) is 4.84 Å². The first-order valence-electron chi connectivity index (χ1n) is 6.14. The van der Waals surface area contributed by atoms with Crippen LogP contribution in [0.4, 0.5) is 5.69 Å². The van der Waals surface area contributed by atoms with Crippen LogP contribution in [0, 0.1) is 5.41 Å². The van der Waals surface area contributed by atoms with Crippen molar-refractivity contribution in [2.45, 2.75) is 12.5 Å². The summed E-state index contributed by atoms with van der Waals surface area (Å²) in [6.07, 6.45) is 1.37. The molecule has 104 valence electrons. The van der Waals surface area contributed by atoms with Gasteiger partial charge in [-0.05, 0) is 23.3 Å². The van der Waals surface area contributed by atoms with Crippen molar-refractivity contribution in [3.8, 4) is 0 Å². The van der Waals surface area contributed by atoms with Crippen molar-refractivity contribution in [2.75, 3.05) is 5.73 Å². The Balaban J connectivity index is 2.39. The lowest BCUT2D eigenvalue weighted by Crippen LogP contribution is -2.15. The highest BCUT2D eigenvalue weighted by Crippen LogP contribution is 2.30. The zero-order chi connectivity index (χ0) is 14.5. The average Bonchev–Trinajstić information content (AvgIpc) is 2.45. The summed E-state index contributed by atoms with van der Waals surface area (Å²) in [5, 5.41) is 8.00. The zero-order valence-corrected chi connectivity index (χ0v) is 11.6. The molecule has 0 aliphatic rings. The van der Waals surface area contributed by atoms with Crippen LogP contribution in [0.1, 0.15) is 22.8 Å². The molecule has 0 aliphatic heterocycles. The molecule has 0 aliphatic carbocycles. The summed E-state index contributed by atoms with van der Waals surface area (Å²) < 4.78 is 0. The monoisotopic (exact) mass is 289 g/mol. The van der Waals surface area contributed by atoms with Crippen LogP contribution in [0.3, 0.4) is 0 Å². The second kappa shape index (κ2) is 6.52. The molecule has 0 radical (unpaired) electrons. The van der Waals surface area contributed by atoms with Crippen LogP contribution in [0.2, 0.25) is 5.02 Å². The second-order valence-electron chi connectivity index (χ2n) is 4.46. The molecule has 1 atom stereocenters. The van der Waals surface area contributed by atoms with Crippen LogP contribution >= 0.6 is 11.6 Å². The molecule has 2 rings (SSSR count). The largest absolute Gasteiger partial charge is 0.398 e. The number of hydrogen-bond donors (Lipinski definition) is 3. The van der Waals surface area contributed by atoms with Crippen molar-refractivity contribution >= 4 is 23.5 Å². The SMILES string of the molecule is N=Cc1c(N)cc(Cl)cc1C(Cc1ccccc1)ON. The van der Waals surface area contributed by atoms with Gasteiger partial charge in [0.2, 0.25) is 0 Å². The van der Waals surface area contributed by atoms with Gasteiger partial charge in [-0.25, -0.2) is 5.90 Å². The fraction of sp³-hybridized carbons (Fsp3) is 0.133. The van der Waals surface area contributed by atoms with Gasteiger partial charge in [-0.2, -0.15) is 0 Å². The van der Waals surface area contributed by atoms with Crippen LogP contribution < -0.4 is 11.6 Å². The van der Waals surface area contributed by atoms with Gasteiger partial charge in [0.05, 0.1) is 0 Å². The van der Waals surface area contributed by atoms with E-state index in [0.29, 0.717) is 22.7 Å². The summed E-state index contributed by atoms with van der Waals surface area (Å²) in [6.45, 7) is 0. The lowest BCUT2D eigenvalue weighted by molar-refractivity contribution is 0.0529. The lowest BCUT2D eigenvalue weighted by atomic mass is 9.96. The first-order valence-corrected chi connectivity index (χ1v) is 6.52. The zero-order valence-electron chi connectivity index (χ0n) is 10.8. The maximum Gasteiger partial charge on any atom is 0.108 e. The Labute approximate surface area is 122 Å². The standard InChI is InChI=1S/C15H16ClN3O/c16-11-7-12(13(9-17)14(18)8-11)15(20-19)6-10-4-2-1-3-5-10/h1-5,7-9,15,17H,6,18-19H2. The van der Waals surface area contributed by atoms with Crippen LogP contribution in [0.5, 0.6) is 0 Å². The lowest BCUT2D eigenvalue weighted by Gasteiger charge is -2.18. The molecule has 0 heterocycles. The van der Waals surface area contributed by atoms with E-state index in [0.717, 1.165) is 11.1 Å². The van der Waals surface area contributed by atoms with E-state index in [4.69, 9.17) is 33.5 Å². The first-order chi connectivity index (χ1) is 9.65. The Kier molecular flexibility index (Phi) is 4.74. The van der Waals surface area contributed by atoms with Gasteiger partial charge >= 0.3 is 0 Å². The molecule has 0 bridgehead atoms. The number of anilines is 1. The Morgan fingerprint density at radius 2 is 1.95 bits per heavy atom. The number of benzene rings is 2. The van der Waals surface area contributed by atoms with Gasteiger partial charge < -0.3 is 11.1 Å². The maximum absolute atomic E-state index is 7.50. The third-order valence-corrected chi connectivity index (χ3v) is 3.35. The highest BCUT2D eigenvalue weighted by Gasteiger charge is 2.18. The highest BCUT2D eigenvalue weighted by atomic mass is 35.5. The summed E-state index contributed by atoms with van der Waals surface area (Å²) in [4.78, 5) is 5.08. The molecule has 0 aromatic heterocycles. The Bertz CT molecular complexity index is 602. The van der Waals surface area contributed by atoms with Crippen molar-refractivity contribution < 1.29 is 4.84 Å². The van der Waals surface area contributed by atoms with Crippen LogP contribution in [0.25, 0.3) is 0 Å². The quantitative estimate of drug-likeness (QED) is 0.449. The van der Waals surface area contributed by atoms with Crippen molar-refractivity contribution in [1.82, 2.24) is 0 Å². The summed E-state index contributed by atoms with van der Waals surface area (Å²) in [5.41, 5.74) is 8.71. The van der Waals surface area contributed by atoms with E-state index in [1.165, 1.54) is 6.21 Å². The van der Waals surface area contributed by atoms with Gasteiger partial charge in [0.1, 0.15) is 6.10 Å². The number of rotatable bonds is 5. The minimum Gasteiger partial charge on any atom is -0.398 e. The van der Waals surface area contributed by atoms with Crippen LogP contribution in [-0.2, 0) is 11.3 Å². The van der Waals surface area contributed by atoms with Crippen molar-refractivity contribution in [3.63, 3.8) is 0 Å². The first kappa shape index (κ1) is 14.5. The molecule has 0 saturated heterocycles. The molecule has 0 saturated carbocycles. The molecule has 20 heavy (non-hydrogen) atoms. The number of halogens is 1. The molecule has 0 fully saturated rings. The van der Waals surface area contributed by atoms with E-state index in [2.05, 4.69) is 0 Å². The van der Waals surface area contributed by atoms with Crippen LogP contribution in [-0.4, -0.2) is 6.21 Å². The minimum absolute atomic E-state index is 0.407. The molecule has 2 aromatic carbocycles. The maximum atomic E-state index is 7.50. The molecule has 1 unspecified atom stereocenters. The minimum atomic E-state index is -0.407. The van der Waals surface area contributed by atoms with Gasteiger partial charge in [-0.15, -0.1) is 0 Å².